The summed E-state index contributed by atoms with van der Waals surface area (Å²) in [5.41, 5.74) is 2.33. The molecule has 3 aromatic rings. The Morgan fingerprint density at radius 3 is 2.14 bits per heavy atom. The van der Waals surface area contributed by atoms with Crippen molar-refractivity contribution in [3.05, 3.63) is 96.1 Å². The molecule has 2 amide bonds. The molecular weight excluding hydrogens is 562 g/mol. The van der Waals surface area contributed by atoms with Crippen LogP contribution in [0.4, 0.5) is 5.69 Å². The molecule has 0 aromatic heterocycles. The van der Waals surface area contributed by atoms with E-state index in [1.165, 1.54) is 4.31 Å². The highest BCUT2D eigenvalue weighted by molar-refractivity contribution is 7.92. The van der Waals surface area contributed by atoms with Gasteiger partial charge in [-0.1, -0.05) is 85.6 Å². The third kappa shape index (κ3) is 9.32. The van der Waals surface area contributed by atoms with Crippen LogP contribution in [-0.4, -0.2) is 56.6 Å². The summed E-state index contributed by atoms with van der Waals surface area (Å²) in [5, 5.41) is 3.22. The lowest BCUT2D eigenvalue weighted by Gasteiger charge is -2.33. The van der Waals surface area contributed by atoms with Crippen LogP contribution in [0.3, 0.4) is 0 Å². The summed E-state index contributed by atoms with van der Waals surface area (Å²) in [6.07, 6.45) is 5.96. The maximum Gasteiger partial charge on any atom is 0.243 e. The number of benzene rings is 3. The van der Waals surface area contributed by atoms with E-state index in [0.29, 0.717) is 24.5 Å². The van der Waals surface area contributed by atoms with Crippen LogP contribution in [0.1, 0.15) is 56.6 Å². The van der Waals surface area contributed by atoms with Crippen molar-refractivity contribution in [2.75, 3.05) is 23.7 Å². The molecule has 9 heteroatoms. The maximum absolute atomic E-state index is 14.0. The molecule has 0 aliphatic heterocycles. The van der Waals surface area contributed by atoms with Gasteiger partial charge in [0.2, 0.25) is 21.8 Å². The molecular formula is C34H43N3O5S. The molecule has 230 valence electrons. The quantitative estimate of drug-likeness (QED) is 0.253. The van der Waals surface area contributed by atoms with Crippen LogP contribution in [0.2, 0.25) is 0 Å². The topological polar surface area (TPSA) is 96.0 Å². The monoisotopic (exact) mass is 605 g/mol. The first-order valence-electron chi connectivity index (χ1n) is 15.1. The number of para-hydroxylation sites is 2. The minimum atomic E-state index is -3.65. The van der Waals surface area contributed by atoms with Crippen LogP contribution < -0.4 is 14.4 Å². The summed E-state index contributed by atoms with van der Waals surface area (Å²) in [6.45, 7) is 2.62. The van der Waals surface area contributed by atoms with Gasteiger partial charge in [-0.15, -0.1) is 0 Å². The van der Waals surface area contributed by atoms with Gasteiger partial charge in [-0.05, 0) is 49.4 Å². The summed E-state index contributed by atoms with van der Waals surface area (Å²) in [7, 11) is -3.65. The van der Waals surface area contributed by atoms with Gasteiger partial charge >= 0.3 is 0 Å². The molecule has 1 saturated carbocycles. The number of sulfonamides is 1. The smallest absolute Gasteiger partial charge is 0.243 e. The molecule has 1 atom stereocenters. The normalized spacial score (nSPS) is 14.2. The Kier molecular flexibility index (Phi) is 11.6. The number of anilines is 1. The molecule has 1 aliphatic carbocycles. The minimum Gasteiger partial charge on any atom is -0.492 e. The second-order valence-corrected chi connectivity index (χ2v) is 12.9. The van der Waals surface area contributed by atoms with E-state index in [1.54, 1.807) is 29.2 Å². The lowest BCUT2D eigenvalue weighted by molar-refractivity contribution is -0.141. The summed E-state index contributed by atoms with van der Waals surface area (Å²) < 4.78 is 32.6. The van der Waals surface area contributed by atoms with E-state index in [2.05, 4.69) is 5.32 Å². The second-order valence-electron chi connectivity index (χ2n) is 11.0. The number of ether oxygens (including phenoxy) is 1. The van der Waals surface area contributed by atoms with E-state index in [9.17, 15) is 18.0 Å². The summed E-state index contributed by atoms with van der Waals surface area (Å²) >= 11 is 0. The van der Waals surface area contributed by atoms with Gasteiger partial charge in [0, 0.05) is 32.0 Å². The van der Waals surface area contributed by atoms with Crippen molar-refractivity contribution in [3.8, 4) is 5.75 Å². The van der Waals surface area contributed by atoms with Gasteiger partial charge in [0.05, 0.1) is 18.6 Å². The fourth-order valence-electron chi connectivity index (χ4n) is 5.62. The zero-order chi connectivity index (χ0) is 30.7. The molecule has 0 spiro atoms. The van der Waals surface area contributed by atoms with Crippen LogP contribution in [0.25, 0.3) is 0 Å². The maximum atomic E-state index is 14.0. The molecule has 0 saturated heterocycles. The minimum absolute atomic E-state index is 0.0810. The first-order valence-corrected chi connectivity index (χ1v) is 17.0. The first kappa shape index (κ1) is 32.1. The zero-order valence-electron chi connectivity index (χ0n) is 25.2. The largest absolute Gasteiger partial charge is 0.492 e. The Bertz CT molecular complexity index is 1430. The van der Waals surface area contributed by atoms with Gasteiger partial charge < -0.3 is 15.0 Å². The van der Waals surface area contributed by atoms with Crippen molar-refractivity contribution in [2.45, 2.75) is 70.5 Å². The van der Waals surface area contributed by atoms with Gasteiger partial charge in [0.15, 0.2) is 0 Å². The number of nitrogens with zero attached hydrogens (tertiary/aromatic N) is 2. The third-order valence-electron chi connectivity index (χ3n) is 7.75. The van der Waals surface area contributed by atoms with E-state index in [-0.39, 0.29) is 43.8 Å². The fraction of sp³-hybridized carbons (Fsp3) is 0.412. The van der Waals surface area contributed by atoms with E-state index in [4.69, 9.17) is 4.74 Å². The Hall–Kier alpha value is -3.85. The number of rotatable bonds is 15. The van der Waals surface area contributed by atoms with Crippen molar-refractivity contribution in [3.63, 3.8) is 0 Å². The molecule has 43 heavy (non-hydrogen) atoms. The Morgan fingerprint density at radius 1 is 0.907 bits per heavy atom. The number of carbonyl (C=O) groups is 2. The standard InChI is InChI=1S/C34H43N3O5S/c1-3-42-32-22-13-12-21-30(32)37(43(2,40)41)24-14-23-33(38)36(26-28-17-8-5-9-18-28)31(25-27-15-6-4-7-16-27)34(39)35-29-19-10-11-20-29/h4-9,12-13,15-18,21-22,29,31H,3,10-11,14,19-20,23-26H2,1-2H3,(H,35,39)/t31-/m1/s1. The van der Waals surface area contributed by atoms with Gasteiger partial charge in [-0.2, -0.15) is 0 Å². The Morgan fingerprint density at radius 2 is 1.51 bits per heavy atom. The number of carbonyl (C=O) groups excluding carboxylic acids is 2. The lowest BCUT2D eigenvalue weighted by atomic mass is 10.0. The average Bonchev–Trinajstić information content (AvgIpc) is 3.51. The summed E-state index contributed by atoms with van der Waals surface area (Å²) in [4.78, 5) is 29.5. The van der Waals surface area contributed by atoms with E-state index < -0.39 is 16.1 Å². The number of hydrogen-bond donors (Lipinski definition) is 1. The highest BCUT2D eigenvalue weighted by atomic mass is 32.2. The molecule has 0 radical (unpaired) electrons. The predicted molar refractivity (Wildman–Crippen MR) is 170 cm³/mol. The summed E-state index contributed by atoms with van der Waals surface area (Å²) in [6, 6.07) is 25.8. The predicted octanol–water partition coefficient (Wildman–Crippen LogP) is 5.33. The summed E-state index contributed by atoms with van der Waals surface area (Å²) in [5.74, 6) is 0.125. The lowest BCUT2D eigenvalue weighted by Crippen LogP contribution is -2.52. The van der Waals surface area contributed by atoms with Crippen LogP contribution in [0.15, 0.2) is 84.9 Å². The molecule has 1 fully saturated rings. The van der Waals surface area contributed by atoms with Crippen molar-refractivity contribution in [2.24, 2.45) is 0 Å². The Balaban J connectivity index is 1.57. The van der Waals surface area contributed by atoms with Gasteiger partial charge in [-0.25, -0.2) is 8.42 Å². The van der Waals surface area contributed by atoms with Crippen molar-refractivity contribution in [1.29, 1.82) is 0 Å². The number of amides is 2. The molecule has 0 unspecified atom stereocenters. The van der Waals surface area contributed by atoms with Crippen LogP contribution in [0.5, 0.6) is 5.75 Å². The number of nitrogens with one attached hydrogen (secondary N) is 1. The average molecular weight is 606 g/mol. The highest BCUT2D eigenvalue weighted by Crippen LogP contribution is 2.30. The van der Waals surface area contributed by atoms with Crippen LogP contribution in [0, 0.1) is 0 Å². The third-order valence-corrected chi connectivity index (χ3v) is 8.93. The van der Waals surface area contributed by atoms with Crippen molar-refractivity contribution < 1.29 is 22.7 Å². The SMILES string of the molecule is CCOc1ccccc1N(CCCC(=O)N(Cc1ccccc1)[C@H](Cc1ccccc1)C(=O)NC1CCCC1)S(C)(=O)=O. The fourth-order valence-corrected chi connectivity index (χ4v) is 6.59. The van der Waals surface area contributed by atoms with Crippen LogP contribution >= 0.6 is 0 Å². The number of hydrogen-bond acceptors (Lipinski definition) is 5. The first-order chi connectivity index (χ1) is 20.8. The van der Waals surface area contributed by atoms with Gasteiger partial charge in [-0.3, -0.25) is 13.9 Å². The molecule has 1 N–H and O–H groups in total. The van der Waals surface area contributed by atoms with E-state index in [1.807, 2.05) is 67.6 Å². The molecule has 8 nitrogen and oxygen atoms in total. The van der Waals surface area contributed by atoms with Gasteiger partial charge in [0.1, 0.15) is 11.8 Å². The molecule has 4 rings (SSSR count). The molecule has 1 aliphatic rings. The van der Waals surface area contributed by atoms with Crippen molar-refractivity contribution in [1.82, 2.24) is 10.2 Å². The van der Waals surface area contributed by atoms with Crippen LogP contribution in [-0.2, 0) is 32.6 Å². The van der Waals surface area contributed by atoms with Gasteiger partial charge in [0.25, 0.3) is 0 Å². The van der Waals surface area contributed by atoms with E-state index in [0.717, 1.165) is 43.1 Å². The highest BCUT2D eigenvalue weighted by Gasteiger charge is 2.32. The Labute approximate surface area is 256 Å². The molecule has 0 heterocycles. The zero-order valence-corrected chi connectivity index (χ0v) is 26.0. The molecule has 3 aromatic carbocycles. The van der Waals surface area contributed by atoms with Crippen molar-refractivity contribution >= 4 is 27.5 Å². The second kappa shape index (κ2) is 15.6. The van der Waals surface area contributed by atoms with E-state index >= 15 is 0 Å². The molecule has 0 bridgehead atoms.